The lowest BCUT2D eigenvalue weighted by atomic mass is 9.95. The highest BCUT2D eigenvalue weighted by molar-refractivity contribution is 6.46. The lowest BCUT2D eigenvalue weighted by Gasteiger charge is -2.27. The van der Waals surface area contributed by atoms with Gasteiger partial charge in [0.15, 0.2) is 11.5 Å². The normalized spacial score (nSPS) is 17.5. The van der Waals surface area contributed by atoms with Crippen LogP contribution in [0.2, 0.25) is 0 Å². The van der Waals surface area contributed by atoms with Crippen LogP contribution >= 0.6 is 0 Å². The number of likely N-dealkylation sites (N-methyl/N-ethyl adjacent to an activating group) is 1. The van der Waals surface area contributed by atoms with E-state index in [1.807, 2.05) is 32.8 Å². The molecule has 2 aromatic carbocycles. The van der Waals surface area contributed by atoms with Gasteiger partial charge in [-0.05, 0) is 69.4 Å². The minimum atomic E-state index is -0.829. The fraction of sp³-hybridized carbons (Fsp3) is 0.385. The van der Waals surface area contributed by atoms with Crippen LogP contribution in [0.4, 0.5) is 4.39 Å². The van der Waals surface area contributed by atoms with Crippen molar-refractivity contribution in [3.63, 3.8) is 0 Å². The number of Topliss-reactive ketones (excluding diaryl/α,β-unsaturated/α-hetero) is 1. The Morgan fingerprint density at radius 1 is 1.06 bits per heavy atom. The Bertz CT molecular complexity index is 1070. The molecule has 1 atom stereocenters. The molecule has 1 aliphatic heterocycles. The van der Waals surface area contributed by atoms with Crippen LogP contribution in [-0.4, -0.2) is 67.0 Å². The van der Waals surface area contributed by atoms with Crippen molar-refractivity contribution in [2.24, 2.45) is 0 Å². The van der Waals surface area contributed by atoms with Crippen molar-refractivity contribution in [1.29, 1.82) is 0 Å². The highest BCUT2D eigenvalue weighted by Gasteiger charge is 2.46. The molecule has 1 saturated heterocycles. The number of aliphatic hydroxyl groups excluding tert-OH is 1. The molecule has 0 saturated carbocycles. The van der Waals surface area contributed by atoms with E-state index in [2.05, 4.69) is 0 Å². The summed E-state index contributed by atoms with van der Waals surface area (Å²) in [6.45, 7) is 5.58. The summed E-state index contributed by atoms with van der Waals surface area (Å²) in [5, 5.41) is 11.1. The van der Waals surface area contributed by atoms with Crippen molar-refractivity contribution in [3.05, 3.63) is 65.0 Å². The summed E-state index contributed by atoms with van der Waals surface area (Å²) in [5.74, 6) is -1.23. The Kier molecular flexibility index (Phi) is 8.28. The van der Waals surface area contributed by atoms with Crippen LogP contribution in [0.3, 0.4) is 0 Å². The van der Waals surface area contributed by atoms with E-state index in [9.17, 15) is 19.1 Å². The lowest BCUT2D eigenvalue weighted by molar-refractivity contribution is -0.140. The summed E-state index contributed by atoms with van der Waals surface area (Å²) in [6.07, 6.45) is 0.829. The summed E-state index contributed by atoms with van der Waals surface area (Å²) in [6, 6.07) is 9.57. The Hall–Kier alpha value is -3.39. The van der Waals surface area contributed by atoms with E-state index in [1.165, 1.54) is 29.2 Å². The zero-order chi connectivity index (χ0) is 24.8. The zero-order valence-electron chi connectivity index (χ0n) is 20.0. The number of carbonyl (C=O) groups is 2. The largest absolute Gasteiger partial charge is 0.507 e. The van der Waals surface area contributed by atoms with Crippen molar-refractivity contribution in [1.82, 2.24) is 9.80 Å². The zero-order valence-corrected chi connectivity index (χ0v) is 20.0. The number of rotatable bonds is 10. The van der Waals surface area contributed by atoms with Gasteiger partial charge in [-0.3, -0.25) is 9.59 Å². The Labute approximate surface area is 199 Å². The molecule has 2 aromatic rings. The predicted octanol–water partition coefficient (Wildman–Crippen LogP) is 4.00. The molecule has 1 N–H and O–H groups in total. The first-order valence-electron chi connectivity index (χ1n) is 11.4. The summed E-state index contributed by atoms with van der Waals surface area (Å²) in [5.41, 5.74) is 0.818. The van der Waals surface area contributed by atoms with Crippen molar-refractivity contribution in [2.75, 3.05) is 40.4 Å². The molecule has 0 spiro atoms. The van der Waals surface area contributed by atoms with Gasteiger partial charge in [-0.1, -0.05) is 13.0 Å². The van der Waals surface area contributed by atoms with E-state index >= 15 is 0 Å². The molecule has 3 rings (SSSR count). The summed E-state index contributed by atoms with van der Waals surface area (Å²) in [4.78, 5) is 29.5. The molecule has 1 fully saturated rings. The van der Waals surface area contributed by atoms with Crippen LogP contribution in [0.5, 0.6) is 11.5 Å². The Balaban J connectivity index is 2.15. The van der Waals surface area contributed by atoms with E-state index in [0.717, 1.165) is 6.42 Å². The Morgan fingerprint density at radius 3 is 2.38 bits per heavy atom. The highest BCUT2D eigenvalue weighted by atomic mass is 19.1. The van der Waals surface area contributed by atoms with Gasteiger partial charge in [0.1, 0.15) is 11.6 Å². The maximum Gasteiger partial charge on any atom is 0.295 e. The smallest absolute Gasteiger partial charge is 0.295 e. The van der Waals surface area contributed by atoms with Gasteiger partial charge in [0.05, 0.1) is 24.8 Å². The summed E-state index contributed by atoms with van der Waals surface area (Å²) in [7, 11) is 3.74. The highest BCUT2D eigenvalue weighted by Crippen LogP contribution is 2.42. The molecule has 1 aliphatic rings. The third kappa shape index (κ3) is 5.39. The first kappa shape index (κ1) is 25.2. The van der Waals surface area contributed by atoms with Crippen LogP contribution in [-0.2, 0) is 9.59 Å². The molecule has 34 heavy (non-hydrogen) atoms. The SMILES string of the molecule is CCCOc1ccc(C2C(=C(O)c3ccc(F)cc3)C(=O)C(=O)N2CCN(C)C)cc1OCC. The first-order chi connectivity index (χ1) is 16.3. The molecule has 1 unspecified atom stereocenters. The maximum absolute atomic E-state index is 13.4. The van der Waals surface area contributed by atoms with Gasteiger partial charge >= 0.3 is 0 Å². The second-order valence-corrected chi connectivity index (χ2v) is 8.29. The number of amides is 1. The number of hydrogen-bond donors (Lipinski definition) is 1. The molecule has 0 aliphatic carbocycles. The third-order valence-corrected chi connectivity index (χ3v) is 5.49. The number of nitrogens with zero attached hydrogens (tertiary/aromatic N) is 2. The minimum absolute atomic E-state index is 0.0416. The molecule has 1 heterocycles. The average molecular weight is 471 g/mol. The molecule has 182 valence electrons. The molecule has 8 heteroatoms. The predicted molar refractivity (Wildman–Crippen MR) is 127 cm³/mol. The number of likely N-dealkylation sites (tertiary alicyclic amines) is 1. The maximum atomic E-state index is 13.4. The molecular weight excluding hydrogens is 439 g/mol. The van der Waals surface area contributed by atoms with Crippen molar-refractivity contribution in [3.8, 4) is 11.5 Å². The van der Waals surface area contributed by atoms with E-state index in [0.29, 0.717) is 36.8 Å². The van der Waals surface area contributed by atoms with Crippen LogP contribution < -0.4 is 9.47 Å². The van der Waals surface area contributed by atoms with Gasteiger partial charge in [-0.15, -0.1) is 0 Å². The fourth-order valence-electron chi connectivity index (χ4n) is 3.82. The lowest BCUT2D eigenvalue weighted by Crippen LogP contribution is -2.35. The Morgan fingerprint density at radius 2 is 1.76 bits per heavy atom. The van der Waals surface area contributed by atoms with E-state index in [1.54, 1.807) is 18.2 Å². The molecule has 7 nitrogen and oxygen atoms in total. The second kappa shape index (κ2) is 11.2. The fourth-order valence-corrected chi connectivity index (χ4v) is 3.82. The third-order valence-electron chi connectivity index (χ3n) is 5.49. The van der Waals surface area contributed by atoms with Crippen molar-refractivity contribution < 1.29 is 28.6 Å². The standard InChI is InChI=1S/C26H31FN2O5/c1-5-15-34-20-12-9-18(16-21(20)33-6-2)23-22(24(30)17-7-10-19(27)11-8-17)25(31)26(32)29(23)14-13-28(3)4/h7-12,16,23,30H,5-6,13-15H2,1-4H3. The van der Waals surface area contributed by atoms with E-state index < -0.39 is 23.5 Å². The van der Waals surface area contributed by atoms with Crippen molar-refractivity contribution >= 4 is 17.4 Å². The number of halogens is 1. The van der Waals surface area contributed by atoms with Crippen LogP contribution in [0, 0.1) is 5.82 Å². The molecule has 0 radical (unpaired) electrons. The van der Waals surface area contributed by atoms with Crippen LogP contribution in [0.25, 0.3) is 5.76 Å². The number of ketones is 1. The van der Waals surface area contributed by atoms with E-state index in [4.69, 9.17) is 9.47 Å². The van der Waals surface area contributed by atoms with Gasteiger partial charge in [0, 0.05) is 18.7 Å². The number of hydrogen-bond acceptors (Lipinski definition) is 6. The van der Waals surface area contributed by atoms with Gasteiger partial charge in [-0.25, -0.2) is 4.39 Å². The summed E-state index contributed by atoms with van der Waals surface area (Å²) < 4.78 is 25.0. The molecular formula is C26H31FN2O5. The van der Waals surface area contributed by atoms with Crippen molar-refractivity contribution in [2.45, 2.75) is 26.3 Å². The van der Waals surface area contributed by atoms with Gasteiger partial charge in [0.2, 0.25) is 0 Å². The van der Waals surface area contributed by atoms with Gasteiger partial charge < -0.3 is 24.4 Å². The second-order valence-electron chi connectivity index (χ2n) is 8.29. The van der Waals surface area contributed by atoms with Gasteiger partial charge in [0.25, 0.3) is 11.7 Å². The number of aliphatic hydroxyl groups is 1. The quantitative estimate of drug-likeness (QED) is 0.321. The van der Waals surface area contributed by atoms with Crippen LogP contribution in [0.15, 0.2) is 48.0 Å². The monoisotopic (exact) mass is 470 g/mol. The topological polar surface area (TPSA) is 79.3 Å². The summed E-state index contributed by atoms with van der Waals surface area (Å²) >= 11 is 0. The number of ether oxygens (including phenoxy) is 2. The molecule has 1 amide bonds. The van der Waals surface area contributed by atoms with Gasteiger partial charge in [-0.2, -0.15) is 0 Å². The first-order valence-corrected chi connectivity index (χ1v) is 11.4. The number of benzene rings is 2. The van der Waals surface area contributed by atoms with Crippen LogP contribution in [0.1, 0.15) is 37.4 Å². The average Bonchev–Trinajstić information content (AvgIpc) is 3.07. The minimum Gasteiger partial charge on any atom is -0.507 e. The molecule has 0 bridgehead atoms. The number of carbonyl (C=O) groups excluding carboxylic acids is 2. The molecule has 0 aromatic heterocycles. The van der Waals surface area contributed by atoms with E-state index in [-0.39, 0.29) is 23.4 Å².